The number of aromatic nitrogens is 3. The predicted molar refractivity (Wildman–Crippen MR) is 65.6 cm³/mol. The van der Waals surface area contributed by atoms with Crippen LogP contribution in [0.4, 0.5) is 5.69 Å². The van der Waals surface area contributed by atoms with E-state index in [-0.39, 0.29) is 0 Å². The number of nitrogens with zero attached hydrogens (tertiary/aromatic N) is 3. The first-order valence-electron chi connectivity index (χ1n) is 5.57. The van der Waals surface area contributed by atoms with E-state index in [2.05, 4.69) is 17.0 Å². The number of rotatable bonds is 4. The van der Waals surface area contributed by atoms with Gasteiger partial charge in [-0.15, -0.1) is 0 Å². The van der Waals surface area contributed by atoms with E-state index in [4.69, 9.17) is 10.5 Å². The van der Waals surface area contributed by atoms with Crippen LogP contribution in [0, 0.1) is 6.92 Å². The van der Waals surface area contributed by atoms with Crippen LogP contribution in [0.1, 0.15) is 18.2 Å². The van der Waals surface area contributed by atoms with E-state index in [1.165, 1.54) is 0 Å². The highest BCUT2D eigenvalue weighted by molar-refractivity contribution is 5.46. The lowest BCUT2D eigenvalue weighted by atomic mass is 10.3. The van der Waals surface area contributed by atoms with Crippen LogP contribution in [0.3, 0.4) is 0 Å². The molecular formula is C12H16N4O. The molecule has 0 aromatic carbocycles. The van der Waals surface area contributed by atoms with Crippen LogP contribution in [0.2, 0.25) is 0 Å². The number of ether oxygens (including phenoxy) is 1. The van der Waals surface area contributed by atoms with Crippen LogP contribution in [0.15, 0.2) is 24.5 Å². The summed E-state index contributed by atoms with van der Waals surface area (Å²) in [6, 6.07) is 3.55. The van der Waals surface area contributed by atoms with Gasteiger partial charge in [0.05, 0.1) is 11.9 Å². The van der Waals surface area contributed by atoms with Gasteiger partial charge in [0.25, 0.3) is 0 Å². The van der Waals surface area contributed by atoms with Crippen molar-refractivity contribution in [1.29, 1.82) is 0 Å². The molecule has 2 aromatic rings. The first-order chi connectivity index (χ1) is 8.22. The Bertz CT molecular complexity index is 507. The molecule has 2 aromatic heterocycles. The molecule has 0 fully saturated rings. The summed E-state index contributed by atoms with van der Waals surface area (Å²) in [7, 11) is 0. The van der Waals surface area contributed by atoms with Gasteiger partial charge in [-0.3, -0.25) is 4.68 Å². The molecule has 17 heavy (non-hydrogen) atoms. The van der Waals surface area contributed by atoms with Gasteiger partial charge < -0.3 is 10.5 Å². The fraction of sp³-hybridized carbons (Fsp3) is 0.333. The van der Waals surface area contributed by atoms with Crippen LogP contribution >= 0.6 is 0 Å². The van der Waals surface area contributed by atoms with Crippen LogP contribution in [0.25, 0.3) is 0 Å². The van der Waals surface area contributed by atoms with E-state index in [9.17, 15) is 0 Å². The number of hydrogen-bond acceptors (Lipinski definition) is 4. The lowest BCUT2D eigenvalue weighted by molar-refractivity contribution is 0.295. The van der Waals surface area contributed by atoms with Gasteiger partial charge >= 0.3 is 0 Å². The van der Waals surface area contributed by atoms with E-state index >= 15 is 0 Å². The average molecular weight is 232 g/mol. The lowest BCUT2D eigenvalue weighted by Crippen LogP contribution is -2.03. The normalized spacial score (nSPS) is 10.5. The lowest BCUT2D eigenvalue weighted by Gasteiger charge is -2.07. The second-order valence-corrected chi connectivity index (χ2v) is 3.76. The van der Waals surface area contributed by atoms with Crippen molar-refractivity contribution in [3.63, 3.8) is 0 Å². The standard InChI is InChI=1S/C12H16N4O/c1-3-16-9(2)10(7-15-16)8-17-12-11(13)5-4-6-14-12/h4-7H,3,8,13H2,1-2H3. The van der Waals surface area contributed by atoms with Crippen LogP contribution < -0.4 is 10.5 Å². The van der Waals surface area contributed by atoms with E-state index in [0.717, 1.165) is 17.8 Å². The zero-order valence-corrected chi connectivity index (χ0v) is 10.1. The van der Waals surface area contributed by atoms with Crippen molar-refractivity contribution < 1.29 is 4.74 Å². The third-order valence-corrected chi connectivity index (χ3v) is 2.67. The maximum atomic E-state index is 5.75. The minimum absolute atomic E-state index is 0.438. The Hall–Kier alpha value is -2.04. The Morgan fingerprint density at radius 2 is 2.29 bits per heavy atom. The van der Waals surface area contributed by atoms with E-state index in [1.54, 1.807) is 18.3 Å². The summed E-state index contributed by atoms with van der Waals surface area (Å²) in [6.07, 6.45) is 3.48. The van der Waals surface area contributed by atoms with Crippen molar-refractivity contribution in [2.75, 3.05) is 5.73 Å². The van der Waals surface area contributed by atoms with Gasteiger partial charge in [0.15, 0.2) is 0 Å². The Morgan fingerprint density at radius 3 is 2.94 bits per heavy atom. The van der Waals surface area contributed by atoms with Crippen molar-refractivity contribution >= 4 is 5.69 Å². The molecule has 0 unspecified atom stereocenters. The molecule has 2 heterocycles. The summed E-state index contributed by atoms with van der Waals surface area (Å²) in [4.78, 5) is 4.08. The van der Waals surface area contributed by atoms with E-state index < -0.39 is 0 Å². The van der Waals surface area contributed by atoms with Crippen molar-refractivity contribution in [2.45, 2.75) is 27.0 Å². The van der Waals surface area contributed by atoms with Gasteiger partial charge in [-0.05, 0) is 26.0 Å². The molecular weight excluding hydrogens is 216 g/mol. The molecule has 0 aliphatic heterocycles. The summed E-state index contributed by atoms with van der Waals surface area (Å²) < 4.78 is 7.50. The van der Waals surface area contributed by atoms with Crippen LogP contribution in [-0.2, 0) is 13.2 Å². The molecule has 0 amide bonds. The highest BCUT2D eigenvalue weighted by Gasteiger charge is 2.07. The number of anilines is 1. The highest BCUT2D eigenvalue weighted by atomic mass is 16.5. The third kappa shape index (κ3) is 2.38. The molecule has 0 atom stereocenters. The van der Waals surface area contributed by atoms with Gasteiger partial charge in [0.1, 0.15) is 6.61 Å². The Kier molecular flexibility index (Phi) is 3.27. The maximum absolute atomic E-state index is 5.75. The Morgan fingerprint density at radius 1 is 1.47 bits per heavy atom. The maximum Gasteiger partial charge on any atom is 0.237 e. The molecule has 0 saturated carbocycles. The van der Waals surface area contributed by atoms with Gasteiger partial charge in [-0.1, -0.05) is 0 Å². The van der Waals surface area contributed by atoms with Gasteiger partial charge in [-0.2, -0.15) is 5.10 Å². The van der Waals surface area contributed by atoms with Crippen molar-refractivity contribution in [3.8, 4) is 5.88 Å². The molecule has 0 radical (unpaired) electrons. The number of aryl methyl sites for hydroxylation is 1. The molecule has 5 nitrogen and oxygen atoms in total. The fourth-order valence-electron chi connectivity index (χ4n) is 1.62. The molecule has 0 saturated heterocycles. The summed E-state index contributed by atoms with van der Waals surface area (Å²) >= 11 is 0. The largest absolute Gasteiger partial charge is 0.471 e. The zero-order valence-electron chi connectivity index (χ0n) is 10.1. The molecule has 2 rings (SSSR count). The third-order valence-electron chi connectivity index (χ3n) is 2.67. The van der Waals surface area contributed by atoms with E-state index in [0.29, 0.717) is 18.2 Å². The average Bonchev–Trinajstić information content (AvgIpc) is 2.69. The van der Waals surface area contributed by atoms with Gasteiger partial charge in [-0.25, -0.2) is 4.98 Å². The first-order valence-corrected chi connectivity index (χ1v) is 5.57. The summed E-state index contributed by atoms with van der Waals surface area (Å²) in [6.45, 7) is 5.38. The molecule has 5 heteroatoms. The van der Waals surface area contributed by atoms with Crippen LogP contribution in [-0.4, -0.2) is 14.8 Å². The molecule has 0 bridgehead atoms. The van der Waals surface area contributed by atoms with Crippen LogP contribution in [0.5, 0.6) is 5.88 Å². The molecule has 0 aliphatic carbocycles. The summed E-state index contributed by atoms with van der Waals surface area (Å²) in [5.74, 6) is 0.469. The van der Waals surface area contributed by atoms with Crippen molar-refractivity contribution in [1.82, 2.24) is 14.8 Å². The number of pyridine rings is 1. The molecule has 0 spiro atoms. The topological polar surface area (TPSA) is 66.0 Å². The Balaban J connectivity index is 2.07. The SMILES string of the molecule is CCn1ncc(COc2ncccc2N)c1C. The van der Waals surface area contributed by atoms with Crippen molar-refractivity contribution in [2.24, 2.45) is 0 Å². The molecule has 90 valence electrons. The van der Waals surface area contributed by atoms with Crippen molar-refractivity contribution in [3.05, 3.63) is 35.8 Å². The second kappa shape index (κ2) is 4.86. The Labute approximate surface area is 100 Å². The summed E-state index contributed by atoms with van der Waals surface area (Å²) in [5.41, 5.74) is 8.46. The smallest absolute Gasteiger partial charge is 0.237 e. The highest BCUT2D eigenvalue weighted by Crippen LogP contribution is 2.18. The van der Waals surface area contributed by atoms with E-state index in [1.807, 2.05) is 17.8 Å². The first kappa shape index (κ1) is 11.4. The van der Waals surface area contributed by atoms with Gasteiger partial charge in [0.2, 0.25) is 5.88 Å². The zero-order chi connectivity index (χ0) is 12.3. The number of hydrogen-bond donors (Lipinski definition) is 1. The summed E-state index contributed by atoms with van der Waals surface area (Å²) in [5, 5.41) is 4.25. The molecule has 0 aliphatic rings. The molecule has 2 N–H and O–H groups in total. The number of nitrogens with two attached hydrogens (primary N) is 1. The minimum Gasteiger partial charge on any atom is -0.471 e. The predicted octanol–water partition coefficient (Wildman–Crippen LogP) is 1.77. The van der Waals surface area contributed by atoms with Gasteiger partial charge in [0, 0.05) is 24.0 Å². The second-order valence-electron chi connectivity index (χ2n) is 3.76. The fourth-order valence-corrected chi connectivity index (χ4v) is 1.62. The number of nitrogen functional groups attached to an aromatic ring is 1. The monoisotopic (exact) mass is 232 g/mol. The minimum atomic E-state index is 0.438. The quantitative estimate of drug-likeness (QED) is 0.872.